The molecule has 0 radical (unpaired) electrons. The van der Waals surface area contributed by atoms with Crippen molar-refractivity contribution < 1.29 is 9.59 Å². The first-order valence-corrected chi connectivity index (χ1v) is 10.9. The molecule has 1 fully saturated rings. The Bertz CT molecular complexity index is 795. The van der Waals surface area contributed by atoms with E-state index in [-0.39, 0.29) is 11.8 Å². The minimum Gasteiger partial charge on any atom is -0.340 e. The lowest BCUT2D eigenvalue weighted by molar-refractivity contribution is -0.118. The highest BCUT2D eigenvalue weighted by atomic mass is 35.5. The van der Waals surface area contributed by atoms with E-state index in [1.165, 1.54) is 11.3 Å². The topological polar surface area (TPSA) is 84.0 Å². The summed E-state index contributed by atoms with van der Waals surface area (Å²) in [5.41, 5.74) is 0.350. The van der Waals surface area contributed by atoms with Crippen molar-refractivity contribution in [1.82, 2.24) is 15.5 Å². The molecule has 2 aromatic rings. The third-order valence-electron chi connectivity index (χ3n) is 3.95. The Hall–Kier alpha value is -1.64. The predicted octanol–water partition coefficient (Wildman–Crippen LogP) is 3.56. The van der Waals surface area contributed by atoms with Gasteiger partial charge in [-0.05, 0) is 43.4 Å². The van der Waals surface area contributed by atoms with Crippen LogP contribution in [0.3, 0.4) is 0 Å². The van der Waals surface area contributed by atoms with Crippen molar-refractivity contribution >= 4 is 51.6 Å². The van der Waals surface area contributed by atoms with Gasteiger partial charge < -0.3 is 5.32 Å². The summed E-state index contributed by atoms with van der Waals surface area (Å²) < 4.78 is 0. The van der Waals surface area contributed by atoms with E-state index in [9.17, 15) is 9.59 Å². The number of carbonyl (C=O) groups excluding carboxylic acids is 2. The average molecular weight is 411 g/mol. The number of anilines is 1. The number of hydrogen-bond acceptors (Lipinski definition) is 6. The molecule has 1 aliphatic rings. The molecule has 9 heteroatoms. The molecule has 2 amide bonds. The molecule has 1 unspecified atom stereocenters. The van der Waals surface area contributed by atoms with Crippen molar-refractivity contribution in [1.29, 1.82) is 0 Å². The fraction of sp³-hybridized carbons (Fsp3) is 0.412. The summed E-state index contributed by atoms with van der Waals surface area (Å²) in [6.45, 7) is 0. The SMILES string of the molecule is CSCCC(NC(=O)c1ccccc1Cl)C(=O)Nc1nnc(C2CC2)s1. The van der Waals surface area contributed by atoms with Crippen LogP contribution in [0.4, 0.5) is 5.13 Å². The first-order chi connectivity index (χ1) is 12.6. The zero-order valence-electron chi connectivity index (χ0n) is 14.2. The summed E-state index contributed by atoms with van der Waals surface area (Å²) in [6, 6.07) is 6.10. The van der Waals surface area contributed by atoms with Crippen LogP contribution in [0.2, 0.25) is 5.02 Å². The second kappa shape index (κ2) is 8.83. The van der Waals surface area contributed by atoms with Crippen LogP contribution in [0.15, 0.2) is 24.3 Å². The van der Waals surface area contributed by atoms with Crippen LogP contribution in [-0.2, 0) is 4.79 Å². The monoisotopic (exact) mass is 410 g/mol. The molecule has 1 heterocycles. The van der Waals surface area contributed by atoms with E-state index in [1.807, 2.05) is 6.26 Å². The summed E-state index contributed by atoms with van der Waals surface area (Å²) in [5, 5.41) is 15.5. The number of rotatable bonds is 8. The van der Waals surface area contributed by atoms with E-state index >= 15 is 0 Å². The van der Waals surface area contributed by atoms with E-state index in [1.54, 1.807) is 36.0 Å². The summed E-state index contributed by atoms with van der Waals surface area (Å²) in [7, 11) is 0. The van der Waals surface area contributed by atoms with E-state index in [0.717, 1.165) is 23.6 Å². The lowest BCUT2D eigenvalue weighted by Gasteiger charge is -2.17. The Balaban J connectivity index is 1.66. The number of aromatic nitrogens is 2. The van der Waals surface area contributed by atoms with Gasteiger partial charge in [0.2, 0.25) is 11.0 Å². The molecule has 26 heavy (non-hydrogen) atoms. The lowest BCUT2D eigenvalue weighted by Crippen LogP contribution is -2.44. The molecule has 0 spiro atoms. The number of hydrogen-bond donors (Lipinski definition) is 2. The highest BCUT2D eigenvalue weighted by molar-refractivity contribution is 7.98. The summed E-state index contributed by atoms with van der Waals surface area (Å²) in [6.07, 6.45) is 4.73. The molecule has 6 nitrogen and oxygen atoms in total. The van der Waals surface area contributed by atoms with E-state index in [0.29, 0.717) is 28.1 Å². The zero-order chi connectivity index (χ0) is 18.5. The Kier molecular flexibility index (Phi) is 6.50. The molecular formula is C17H19ClN4O2S2. The number of carbonyl (C=O) groups is 2. The molecule has 0 aliphatic heterocycles. The van der Waals surface area contributed by atoms with Crippen LogP contribution >= 0.6 is 34.7 Å². The highest BCUT2D eigenvalue weighted by Gasteiger charge is 2.28. The molecule has 0 bridgehead atoms. The van der Waals surface area contributed by atoms with Crippen LogP contribution < -0.4 is 10.6 Å². The van der Waals surface area contributed by atoms with Gasteiger partial charge in [0.15, 0.2) is 0 Å². The molecule has 3 rings (SSSR count). The summed E-state index contributed by atoms with van der Waals surface area (Å²) in [4.78, 5) is 25.1. The number of nitrogens with zero attached hydrogens (tertiary/aromatic N) is 2. The van der Waals surface area contributed by atoms with E-state index in [4.69, 9.17) is 11.6 Å². The standard InChI is InChI=1S/C17H19ClN4O2S2/c1-25-9-8-13(19-14(23)11-4-2-3-5-12(11)18)15(24)20-17-22-21-16(26-17)10-6-7-10/h2-5,10,13H,6-9H2,1H3,(H,19,23)(H,20,22,24). The van der Waals surface area contributed by atoms with Crippen molar-refractivity contribution in [3.8, 4) is 0 Å². The highest BCUT2D eigenvalue weighted by Crippen LogP contribution is 2.42. The van der Waals surface area contributed by atoms with Gasteiger partial charge in [0.25, 0.3) is 5.91 Å². The Labute approximate surface area is 165 Å². The van der Waals surface area contributed by atoms with Gasteiger partial charge in [-0.3, -0.25) is 14.9 Å². The van der Waals surface area contributed by atoms with Crippen LogP contribution in [0, 0.1) is 0 Å². The Morgan fingerprint density at radius 1 is 1.35 bits per heavy atom. The number of thioether (sulfide) groups is 1. The third-order valence-corrected chi connectivity index (χ3v) is 5.92. The third kappa shape index (κ3) is 4.96. The molecule has 138 valence electrons. The van der Waals surface area contributed by atoms with Crippen LogP contribution in [-0.4, -0.2) is 40.1 Å². The number of amides is 2. The van der Waals surface area contributed by atoms with Gasteiger partial charge in [-0.2, -0.15) is 11.8 Å². The first kappa shape index (κ1) is 19.1. The molecule has 1 aromatic carbocycles. The maximum atomic E-state index is 12.6. The minimum absolute atomic E-state index is 0.294. The largest absolute Gasteiger partial charge is 0.340 e. The number of halogens is 1. The summed E-state index contributed by atoms with van der Waals surface area (Å²) >= 11 is 9.08. The second-order valence-electron chi connectivity index (χ2n) is 6.00. The molecule has 1 saturated carbocycles. The quantitative estimate of drug-likeness (QED) is 0.695. The van der Waals surface area contributed by atoms with Gasteiger partial charge in [-0.1, -0.05) is 35.1 Å². The number of nitrogens with one attached hydrogen (secondary N) is 2. The first-order valence-electron chi connectivity index (χ1n) is 8.27. The second-order valence-corrected chi connectivity index (χ2v) is 8.40. The van der Waals surface area contributed by atoms with Crippen LogP contribution in [0.5, 0.6) is 0 Å². The van der Waals surface area contributed by atoms with Crippen molar-refractivity contribution in [2.75, 3.05) is 17.3 Å². The molecule has 1 atom stereocenters. The maximum Gasteiger partial charge on any atom is 0.253 e. The van der Waals surface area contributed by atoms with Gasteiger partial charge in [0, 0.05) is 5.92 Å². The van der Waals surface area contributed by atoms with Gasteiger partial charge in [-0.15, -0.1) is 10.2 Å². The maximum absolute atomic E-state index is 12.6. The summed E-state index contributed by atoms with van der Waals surface area (Å²) in [5.74, 6) is 0.570. The van der Waals surface area contributed by atoms with Crippen molar-refractivity contribution in [3.63, 3.8) is 0 Å². The fourth-order valence-electron chi connectivity index (χ4n) is 2.36. The smallest absolute Gasteiger partial charge is 0.253 e. The van der Waals surface area contributed by atoms with Crippen LogP contribution in [0.1, 0.15) is 40.5 Å². The van der Waals surface area contributed by atoms with Crippen molar-refractivity contribution in [2.45, 2.75) is 31.2 Å². The molecule has 0 saturated heterocycles. The molecule has 1 aromatic heterocycles. The van der Waals surface area contributed by atoms with Crippen LogP contribution in [0.25, 0.3) is 0 Å². The molecule has 1 aliphatic carbocycles. The van der Waals surface area contributed by atoms with E-state index in [2.05, 4.69) is 20.8 Å². The average Bonchev–Trinajstić information content (AvgIpc) is 3.38. The Morgan fingerprint density at radius 3 is 2.81 bits per heavy atom. The molecular weight excluding hydrogens is 392 g/mol. The van der Waals surface area contributed by atoms with Crippen molar-refractivity contribution in [3.05, 3.63) is 39.9 Å². The fourth-order valence-corrected chi connectivity index (χ4v) is 3.97. The Morgan fingerprint density at radius 2 is 2.12 bits per heavy atom. The van der Waals surface area contributed by atoms with Gasteiger partial charge in [-0.25, -0.2) is 0 Å². The van der Waals surface area contributed by atoms with Gasteiger partial charge in [0.1, 0.15) is 11.0 Å². The minimum atomic E-state index is -0.667. The van der Waals surface area contributed by atoms with Crippen molar-refractivity contribution in [2.24, 2.45) is 0 Å². The molecule has 2 N–H and O–H groups in total. The lowest BCUT2D eigenvalue weighted by atomic mass is 10.1. The normalized spacial score (nSPS) is 14.7. The number of benzene rings is 1. The van der Waals surface area contributed by atoms with Gasteiger partial charge in [0.05, 0.1) is 10.6 Å². The van der Waals surface area contributed by atoms with Gasteiger partial charge >= 0.3 is 0 Å². The zero-order valence-corrected chi connectivity index (χ0v) is 16.6. The predicted molar refractivity (Wildman–Crippen MR) is 106 cm³/mol. The van der Waals surface area contributed by atoms with E-state index < -0.39 is 6.04 Å².